The number of nitrogens with zero attached hydrogens (tertiary/aromatic N) is 1. The van der Waals surface area contributed by atoms with Gasteiger partial charge in [0.25, 0.3) is 5.91 Å². The van der Waals surface area contributed by atoms with Crippen LogP contribution in [0.4, 0.5) is 5.13 Å². The third kappa shape index (κ3) is 4.44. The molecule has 0 radical (unpaired) electrons. The molecule has 29 heavy (non-hydrogen) atoms. The van der Waals surface area contributed by atoms with E-state index in [1.807, 2.05) is 0 Å². The van der Waals surface area contributed by atoms with E-state index >= 15 is 0 Å². The number of anilines is 1. The molecule has 2 amide bonds. The highest BCUT2D eigenvalue weighted by Crippen LogP contribution is 2.44. The zero-order valence-electron chi connectivity index (χ0n) is 16.7. The van der Waals surface area contributed by atoms with Gasteiger partial charge in [-0.2, -0.15) is 0 Å². The van der Waals surface area contributed by atoms with Crippen molar-refractivity contribution in [2.75, 3.05) is 11.9 Å². The maximum atomic E-state index is 12.8. The number of hydrogen-bond donors (Lipinski definition) is 2. The van der Waals surface area contributed by atoms with Crippen LogP contribution in [0.5, 0.6) is 0 Å². The summed E-state index contributed by atoms with van der Waals surface area (Å²) in [5.74, 6) is -2.36. The second kappa shape index (κ2) is 7.56. The van der Waals surface area contributed by atoms with Crippen LogP contribution in [0, 0.1) is 0 Å². The average molecular weight is 427 g/mol. The third-order valence-corrected chi connectivity index (χ3v) is 5.43. The van der Waals surface area contributed by atoms with Gasteiger partial charge in [0.15, 0.2) is 29.1 Å². The summed E-state index contributed by atoms with van der Waals surface area (Å²) in [6.45, 7) is 7.26. The predicted octanol–water partition coefficient (Wildman–Crippen LogP) is 0.984. The quantitative estimate of drug-likeness (QED) is 0.714. The van der Waals surface area contributed by atoms with Gasteiger partial charge in [0.1, 0.15) is 18.3 Å². The Morgan fingerprint density at radius 1 is 1.07 bits per heavy atom. The lowest BCUT2D eigenvalue weighted by Crippen LogP contribution is -2.59. The van der Waals surface area contributed by atoms with Gasteiger partial charge in [0.2, 0.25) is 5.91 Å². The van der Waals surface area contributed by atoms with E-state index in [9.17, 15) is 9.59 Å². The normalized spacial score (nSPS) is 34.3. The van der Waals surface area contributed by atoms with Crippen LogP contribution in [0.2, 0.25) is 0 Å². The molecule has 0 aliphatic carbocycles. The van der Waals surface area contributed by atoms with Crippen molar-refractivity contribution in [3.8, 4) is 0 Å². The van der Waals surface area contributed by atoms with E-state index in [0.717, 1.165) is 0 Å². The van der Waals surface area contributed by atoms with Crippen LogP contribution in [-0.4, -0.2) is 65.6 Å². The lowest BCUT2D eigenvalue weighted by molar-refractivity contribution is -0.231. The summed E-state index contributed by atoms with van der Waals surface area (Å²) in [6.07, 6.45) is -1.62. The molecule has 1 aromatic rings. The minimum Gasteiger partial charge on any atom is -0.353 e. The smallest absolute Gasteiger partial charge is 0.252 e. The number of hydrogen-bond acceptors (Lipinski definition) is 9. The SMILES string of the molecule is CC1(C)O[C@@H]2O[C@@H](C(=O)NCCC(=O)Nc3nccs3)[C@H]3OC(C)(C)O[C@@H]3[C@H]2O1. The molecule has 2 N–H and O–H groups in total. The number of thiazole rings is 1. The van der Waals surface area contributed by atoms with Crippen LogP contribution >= 0.6 is 11.3 Å². The molecule has 0 unspecified atom stereocenters. The Bertz CT molecular complexity index is 770. The fourth-order valence-corrected chi connectivity index (χ4v) is 4.24. The third-order valence-electron chi connectivity index (χ3n) is 4.74. The summed E-state index contributed by atoms with van der Waals surface area (Å²) in [5, 5.41) is 7.68. The first-order valence-corrected chi connectivity index (χ1v) is 10.4. The maximum Gasteiger partial charge on any atom is 0.252 e. The minimum absolute atomic E-state index is 0.105. The van der Waals surface area contributed by atoms with Gasteiger partial charge in [0.05, 0.1) is 0 Å². The number of nitrogens with one attached hydrogen (secondary N) is 2. The van der Waals surface area contributed by atoms with E-state index in [1.54, 1.807) is 39.3 Å². The van der Waals surface area contributed by atoms with Gasteiger partial charge in [-0.05, 0) is 27.7 Å². The van der Waals surface area contributed by atoms with Gasteiger partial charge in [-0.25, -0.2) is 4.98 Å². The van der Waals surface area contributed by atoms with E-state index in [0.29, 0.717) is 5.13 Å². The summed E-state index contributed by atoms with van der Waals surface area (Å²) >= 11 is 1.33. The Hall–Kier alpha value is -1.63. The molecule has 10 nitrogen and oxygen atoms in total. The van der Waals surface area contributed by atoms with Gasteiger partial charge < -0.3 is 34.3 Å². The van der Waals surface area contributed by atoms with Crippen molar-refractivity contribution in [3.05, 3.63) is 11.6 Å². The summed E-state index contributed by atoms with van der Waals surface area (Å²) in [4.78, 5) is 28.7. The molecular formula is C18H25N3O7S. The molecule has 0 aromatic carbocycles. The lowest BCUT2D eigenvalue weighted by atomic mass is 9.98. The fraction of sp³-hybridized carbons (Fsp3) is 0.722. The fourth-order valence-electron chi connectivity index (χ4n) is 3.69. The van der Waals surface area contributed by atoms with Crippen molar-refractivity contribution in [1.29, 1.82) is 0 Å². The summed E-state index contributed by atoms with van der Waals surface area (Å²) in [7, 11) is 0. The number of amides is 2. The number of aromatic nitrogens is 1. The minimum atomic E-state index is -0.942. The Balaban J connectivity index is 1.36. The molecular weight excluding hydrogens is 402 g/mol. The highest BCUT2D eigenvalue weighted by molar-refractivity contribution is 7.13. The molecule has 3 fully saturated rings. The maximum absolute atomic E-state index is 12.8. The number of carbonyl (C=O) groups excluding carboxylic acids is 2. The second-order valence-electron chi connectivity index (χ2n) is 8.02. The standard InChI is InChI=1S/C18H25N3O7S/c1-17(2)25-10-11(26-17)13-15(28-18(3,4)27-13)24-12(10)14(23)19-6-5-9(22)21-16-20-7-8-29-16/h7-8,10-13,15H,5-6H2,1-4H3,(H,19,23)(H,20,21,22)/t10-,11-,12+,13+,15-/m0/s1. The Labute approximate surface area is 172 Å². The van der Waals surface area contributed by atoms with E-state index in [4.69, 9.17) is 23.7 Å². The molecule has 0 saturated carbocycles. The highest BCUT2D eigenvalue weighted by Gasteiger charge is 2.62. The first-order chi connectivity index (χ1) is 13.6. The van der Waals surface area contributed by atoms with Crippen LogP contribution in [0.25, 0.3) is 0 Å². The molecule has 3 aliphatic rings. The predicted molar refractivity (Wildman–Crippen MR) is 101 cm³/mol. The molecule has 1 aromatic heterocycles. The molecule has 160 valence electrons. The highest BCUT2D eigenvalue weighted by atomic mass is 32.1. The second-order valence-corrected chi connectivity index (χ2v) is 8.91. The number of carbonyl (C=O) groups is 2. The molecule has 5 atom stereocenters. The van der Waals surface area contributed by atoms with Gasteiger partial charge >= 0.3 is 0 Å². The van der Waals surface area contributed by atoms with Crippen molar-refractivity contribution < 1.29 is 33.3 Å². The van der Waals surface area contributed by atoms with E-state index in [-0.39, 0.29) is 18.9 Å². The van der Waals surface area contributed by atoms with Crippen molar-refractivity contribution in [2.45, 2.75) is 76.4 Å². The first-order valence-electron chi connectivity index (χ1n) is 9.47. The van der Waals surface area contributed by atoms with Crippen LogP contribution < -0.4 is 10.6 Å². The topological polar surface area (TPSA) is 117 Å². The largest absolute Gasteiger partial charge is 0.353 e. The summed E-state index contributed by atoms with van der Waals surface area (Å²) < 4.78 is 29.5. The molecule has 3 aliphatic heterocycles. The zero-order chi connectivity index (χ0) is 20.8. The molecule has 4 rings (SSSR count). The van der Waals surface area contributed by atoms with Crippen molar-refractivity contribution in [3.63, 3.8) is 0 Å². The van der Waals surface area contributed by atoms with Gasteiger partial charge in [-0.1, -0.05) is 0 Å². The van der Waals surface area contributed by atoms with E-state index < -0.39 is 48.2 Å². The number of ether oxygens (including phenoxy) is 5. The van der Waals surface area contributed by atoms with E-state index in [1.165, 1.54) is 11.3 Å². The van der Waals surface area contributed by atoms with Gasteiger partial charge in [0, 0.05) is 24.5 Å². The Kier molecular flexibility index (Phi) is 5.38. The number of rotatable bonds is 5. The molecule has 0 bridgehead atoms. The van der Waals surface area contributed by atoms with Crippen LogP contribution in [0.1, 0.15) is 34.1 Å². The van der Waals surface area contributed by atoms with Crippen molar-refractivity contribution in [1.82, 2.24) is 10.3 Å². The Morgan fingerprint density at radius 2 is 1.76 bits per heavy atom. The monoisotopic (exact) mass is 427 g/mol. The number of fused-ring (bicyclic) bond motifs is 3. The zero-order valence-corrected chi connectivity index (χ0v) is 17.5. The molecule has 11 heteroatoms. The first kappa shape index (κ1) is 20.6. The molecule has 4 heterocycles. The van der Waals surface area contributed by atoms with Crippen molar-refractivity contribution >= 4 is 28.3 Å². The van der Waals surface area contributed by atoms with Crippen molar-refractivity contribution in [2.24, 2.45) is 0 Å². The molecule has 3 saturated heterocycles. The Morgan fingerprint density at radius 3 is 2.48 bits per heavy atom. The van der Waals surface area contributed by atoms with E-state index in [2.05, 4.69) is 15.6 Å². The summed E-state index contributed by atoms with van der Waals surface area (Å²) in [5.41, 5.74) is 0. The van der Waals surface area contributed by atoms with Crippen LogP contribution in [-0.2, 0) is 33.3 Å². The average Bonchev–Trinajstić information content (AvgIpc) is 3.29. The van der Waals surface area contributed by atoms with Gasteiger partial charge in [-0.3, -0.25) is 9.59 Å². The van der Waals surface area contributed by atoms with Gasteiger partial charge in [-0.15, -0.1) is 11.3 Å². The van der Waals surface area contributed by atoms with Crippen LogP contribution in [0.3, 0.4) is 0 Å². The molecule has 0 spiro atoms. The lowest BCUT2D eigenvalue weighted by Gasteiger charge is -2.36. The van der Waals surface area contributed by atoms with Crippen LogP contribution in [0.15, 0.2) is 11.6 Å². The summed E-state index contributed by atoms with van der Waals surface area (Å²) in [6, 6.07) is 0.